The molecule has 0 saturated heterocycles. The number of amides is 1. The van der Waals surface area contributed by atoms with E-state index in [1.54, 1.807) is 35.4 Å². The fraction of sp³-hybridized carbons (Fsp3) is 0.261. The zero-order valence-electron chi connectivity index (χ0n) is 17.3. The molecular weight excluding hydrogens is 370 g/mol. The summed E-state index contributed by atoms with van der Waals surface area (Å²) in [4.78, 5) is 13.2. The van der Waals surface area contributed by atoms with Crippen LogP contribution >= 0.6 is 0 Å². The Morgan fingerprint density at radius 2 is 1.41 bits per heavy atom. The molecule has 0 aromatic heterocycles. The number of rotatable bonds is 7. The number of fused-ring (bicyclic) bond motifs is 1. The van der Waals surface area contributed by atoms with Gasteiger partial charge >= 0.3 is 0 Å². The summed E-state index contributed by atoms with van der Waals surface area (Å²) in [6, 6.07) is 15.8. The van der Waals surface area contributed by atoms with Crippen LogP contribution < -0.4 is 18.9 Å². The Balaban J connectivity index is 1.92. The van der Waals surface area contributed by atoms with Gasteiger partial charge in [-0.25, -0.2) is 0 Å². The number of hydrogen-bond acceptors (Lipinski definition) is 5. The van der Waals surface area contributed by atoms with E-state index in [2.05, 4.69) is 6.07 Å². The molecule has 0 aliphatic rings. The molecule has 0 saturated carbocycles. The lowest BCUT2D eigenvalue weighted by atomic mass is 10.0. The normalized spacial score (nSPS) is 10.5. The molecule has 0 unspecified atom stereocenters. The van der Waals surface area contributed by atoms with Gasteiger partial charge in [-0.15, -0.1) is 0 Å². The van der Waals surface area contributed by atoms with E-state index >= 15 is 0 Å². The maximum atomic E-state index is 11.7. The maximum absolute atomic E-state index is 11.7. The molecule has 0 N–H and O–H groups in total. The molecule has 29 heavy (non-hydrogen) atoms. The van der Waals surface area contributed by atoms with Gasteiger partial charge in [-0.3, -0.25) is 4.79 Å². The van der Waals surface area contributed by atoms with Gasteiger partial charge in [0, 0.05) is 14.1 Å². The van der Waals surface area contributed by atoms with Crippen molar-refractivity contribution in [1.82, 2.24) is 4.90 Å². The van der Waals surface area contributed by atoms with Crippen molar-refractivity contribution in [1.29, 1.82) is 0 Å². The standard InChI is InChI=1S/C23H25NO5/c1-24(2)22(25)14-29-19-9-8-15-10-16(6-7-17(15)11-19)18-12-20(26-3)23(28-5)21(13-18)27-4/h6-13H,14H2,1-5H3. The third kappa shape index (κ3) is 4.37. The molecule has 3 rings (SSSR count). The van der Waals surface area contributed by atoms with Gasteiger partial charge in [0.15, 0.2) is 18.1 Å². The molecule has 0 fully saturated rings. The number of hydrogen-bond donors (Lipinski definition) is 0. The van der Waals surface area contributed by atoms with Gasteiger partial charge in [0.05, 0.1) is 21.3 Å². The van der Waals surface area contributed by atoms with Gasteiger partial charge < -0.3 is 23.8 Å². The Hall–Kier alpha value is -3.41. The van der Waals surface area contributed by atoms with Crippen LogP contribution in [-0.2, 0) is 4.79 Å². The fourth-order valence-corrected chi connectivity index (χ4v) is 3.02. The predicted octanol–water partition coefficient (Wildman–Crippen LogP) is 4.00. The van der Waals surface area contributed by atoms with Crippen molar-refractivity contribution in [2.75, 3.05) is 42.0 Å². The summed E-state index contributed by atoms with van der Waals surface area (Å²) in [5, 5.41) is 2.08. The lowest BCUT2D eigenvalue weighted by molar-refractivity contribution is -0.130. The minimum atomic E-state index is -0.0807. The summed E-state index contributed by atoms with van der Waals surface area (Å²) >= 11 is 0. The second-order valence-electron chi connectivity index (χ2n) is 6.71. The molecule has 6 nitrogen and oxygen atoms in total. The van der Waals surface area contributed by atoms with Gasteiger partial charge in [-0.2, -0.15) is 0 Å². The quantitative estimate of drug-likeness (QED) is 0.605. The average molecular weight is 395 g/mol. The molecular formula is C23H25NO5. The molecule has 3 aromatic rings. The van der Waals surface area contributed by atoms with Gasteiger partial charge in [0.1, 0.15) is 5.75 Å². The molecule has 1 amide bonds. The van der Waals surface area contributed by atoms with Crippen LogP contribution in [-0.4, -0.2) is 52.8 Å². The SMILES string of the molecule is COc1cc(-c2ccc3cc(OCC(=O)N(C)C)ccc3c2)cc(OC)c1OC. The van der Waals surface area contributed by atoms with E-state index in [0.717, 1.165) is 21.9 Å². The Morgan fingerprint density at radius 3 is 2.00 bits per heavy atom. The van der Waals surface area contributed by atoms with Crippen molar-refractivity contribution in [3.63, 3.8) is 0 Å². The molecule has 0 bridgehead atoms. The van der Waals surface area contributed by atoms with Crippen LogP contribution in [0.25, 0.3) is 21.9 Å². The van der Waals surface area contributed by atoms with Crippen LogP contribution in [0.2, 0.25) is 0 Å². The summed E-state index contributed by atoms with van der Waals surface area (Å²) in [7, 11) is 8.20. The lowest BCUT2D eigenvalue weighted by Crippen LogP contribution is -2.27. The summed E-state index contributed by atoms with van der Waals surface area (Å²) in [5.74, 6) is 2.36. The first-order chi connectivity index (χ1) is 14.0. The molecule has 0 aliphatic heterocycles. The van der Waals surface area contributed by atoms with Gasteiger partial charge in [-0.1, -0.05) is 18.2 Å². The molecule has 0 radical (unpaired) electrons. The minimum absolute atomic E-state index is 0.0159. The van der Waals surface area contributed by atoms with Crippen LogP contribution in [0, 0.1) is 0 Å². The van der Waals surface area contributed by atoms with E-state index in [1.165, 1.54) is 4.90 Å². The van der Waals surface area contributed by atoms with E-state index in [0.29, 0.717) is 23.0 Å². The topological polar surface area (TPSA) is 57.2 Å². The van der Waals surface area contributed by atoms with Crippen LogP contribution in [0.3, 0.4) is 0 Å². The van der Waals surface area contributed by atoms with Gasteiger partial charge in [0.25, 0.3) is 5.91 Å². The Morgan fingerprint density at radius 1 is 0.793 bits per heavy atom. The third-order valence-electron chi connectivity index (χ3n) is 4.67. The zero-order valence-corrected chi connectivity index (χ0v) is 17.3. The third-order valence-corrected chi connectivity index (χ3v) is 4.67. The minimum Gasteiger partial charge on any atom is -0.493 e. The Kier molecular flexibility index (Phi) is 6.12. The first-order valence-corrected chi connectivity index (χ1v) is 9.14. The molecule has 152 valence electrons. The summed E-state index contributed by atoms with van der Waals surface area (Å²) in [5.41, 5.74) is 1.98. The fourth-order valence-electron chi connectivity index (χ4n) is 3.02. The number of methoxy groups -OCH3 is 3. The van der Waals surface area contributed by atoms with Crippen molar-refractivity contribution >= 4 is 16.7 Å². The summed E-state index contributed by atoms with van der Waals surface area (Å²) in [6.45, 7) is 0.0159. The first kappa shape index (κ1) is 20.3. The highest BCUT2D eigenvalue weighted by Gasteiger charge is 2.14. The Bertz CT molecular complexity index is 1000. The monoisotopic (exact) mass is 395 g/mol. The Labute approximate surface area is 170 Å². The second-order valence-corrected chi connectivity index (χ2v) is 6.71. The number of benzene rings is 3. The summed E-state index contributed by atoms with van der Waals surface area (Å²) in [6.07, 6.45) is 0. The van der Waals surface area contributed by atoms with Crippen LogP contribution in [0.1, 0.15) is 0 Å². The van der Waals surface area contributed by atoms with Crippen molar-refractivity contribution < 1.29 is 23.7 Å². The maximum Gasteiger partial charge on any atom is 0.259 e. The van der Waals surface area contributed by atoms with E-state index in [9.17, 15) is 4.79 Å². The number of nitrogens with zero attached hydrogens (tertiary/aromatic N) is 1. The predicted molar refractivity (Wildman–Crippen MR) is 113 cm³/mol. The smallest absolute Gasteiger partial charge is 0.259 e. The summed E-state index contributed by atoms with van der Waals surface area (Å²) < 4.78 is 21.9. The van der Waals surface area contributed by atoms with E-state index in [-0.39, 0.29) is 12.5 Å². The average Bonchev–Trinajstić information content (AvgIpc) is 2.75. The number of likely N-dealkylation sites (N-methyl/N-ethyl adjacent to an activating group) is 1. The van der Waals surface area contributed by atoms with Crippen LogP contribution in [0.5, 0.6) is 23.0 Å². The second kappa shape index (κ2) is 8.73. The molecule has 0 aliphatic carbocycles. The number of carbonyl (C=O) groups excluding carboxylic acids is 1. The molecule has 0 spiro atoms. The van der Waals surface area contributed by atoms with Crippen molar-refractivity contribution in [3.8, 4) is 34.1 Å². The van der Waals surface area contributed by atoms with Crippen molar-refractivity contribution in [3.05, 3.63) is 48.5 Å². The lowest BCUT2D eigenvalue weighted by Gasteiger charge is -2.15. The van der Waals surface area contributed by atoms with Gasteiger partial charge in [-0.05, 0) is 52.2 Å². The largest absolute Gasteiger partial charge is 0.493 e. The van der Waals surface area contributed by atoms with E-state index in [4.69, 9.17) is 18.9 Å². The highest BCUT2D eigenvalue weighted by atomic mass is 16.5. The highest BCUT2D eigenvalue weighted by Crippen LogP contribution is 2.41. The number of carbonyl (C=O) groups is 1. The first-order valence-electron chi connectivity index (χ1n) is 9.14. The number of ether oxygens (including phenoxy) is 4. The molecule has 3 aromatic carbocycles. The van der Waals surface area contributed by atoms with E-state index in [1.807, 2.05) is 42.5 Å². The molecule has 0 heterocycles. The molecule has 6 heteroatoms. The van der Waals surface area contributed by atoms with Crippen molar-refractivity contribution in [2.24, 2.45) is 0 Å². The van der Waals surface area contributed by atoms with E-state index < -0.39 is 0 Å². The zero-order chi connectivity index (χ0) is 21.0. The highest BCUT2D eigenvalue weighted by molar-refractivity contribution is 5.89. The van der Waals surface area contributed by atoms with Crippen LogP contribution in [0.4, 0.5) is 0 Å². The van der Waals surface area contributed by atoms with Crippen LogP contribution in [0.15, 0.2) is 48.5 Å². The van der Waals surface area contributed by atoms with Crippen molar-refractivity contribution in [2.45, 2.75) is 0 Å². The molecule has 0 atom stereocenters. The van der Waals surface area contributed by atoms with Gasteiger partial charge in [0.2, 0.25) is 5.75 Å².